The lowest BCUT2D eigenvalue weighted by atomic mass is 9.87. The molecule has 11 heteroatoms. The molecule has 1 aromatic rings. The van der Waals surface area contributed by atoms with E-state index in [9.17, 15) is 0 Å². The maximum atomic E-state index is 7.42. The van der Waals surface area contributed by atoms with Gasteiger partial charge in [0.2, 0.25) is 0 Å². The fourth-order valence-electron chi connectivity index (χ4n) is 9.55. The van der Waals surface area contributed by atoms with Gasteiger partial charge in [-0.15, -0.1) is 0 Å². The highest BCUT2D eigenvalue weighted by Crippen LogP contribution is 2.48. The van der Waals surface area contributed by atoms with Gasteiger partial charge in [-0.05, 0) is 35.0 Å². The SMILES string of the molecule is CC(C)[Si]1(O[Si](C(C)C)(C(C)C)C(C)C)OC[C@H]2O[C@H]3C=C[C@H]4O[C@H]5[C@H](OCc6ccccc6)[C@H]6OCC=CC[C@@H]6O[C@@H]5C[C@@H]4O[C@@H]3C/C=C\[C@@H]2O1. The second-order valence-electron chi connectivity index (χ2n) is 16.8. The van der Waals surface area contributed by atoms with Gasteiger partial charge < -0.3 is 41.4 Å². The van der Waals surface area contributed by atoms with Crippen LogP contribution in [0.4, 0.5) is 0 Å². The van der Waals surface area contributed by atoms with E-state index in [1.807, 2.05) is 18.2 Å². The normalized spacial score (nSPS) is 39.8. The molecule has 288 valence electrons. The molecule has 0 radical (unpaired) electrons. The number of benzene rings is 1. The summed E-state index contributed by atoms with van der Waals surface area (Å²) in [5.74, 6) is 0. The second-order valence-corrected chi connectivity index (χ2v) is 25.6. The van der Waals surface area contributed by atoms with Gasteiger partial charge in [0.05, 0.1) is 50.3 Å². The van der Waals surface area contributed by atoms with Gasteiger partial charge in [0.15, 0.2) is 8.32 Å². The Morgan fingerprint density at radius 1 is 0.692 bits per heavy atom. The van der Waals surface area contributed by atoms with Crippen LogP contribution < -0.4 is 0 Å². The van der Waals surface area contributed by atoms with E-state index in [0.29, 0.717) is 49.3 Å². The van der Waals surface area contributed by atoms with Crippen LogP contribution >= 0.6 is 0 Å². The predicted molar refractivity (Wildman–Crippen MR) is 204 cm³/mol. The molecule has 0 spiro atoms. The summed E-state index contributed by atoms with van der Waals surface area (Å²) in [5, 5.41) is 0. The molecule has 6 aliphatic rings. The van der Waals surface area contributed by atoms with E-state index in [2.05, 4.69) is 104 Å². The largest absolute Gasteiger partial charge is 0.493 e. The van der Waals surface area contributed by atoms with E-state index in [-0.39, 0.29) is 72.7 Å². The highest BCUT2D eigenvalue weighted by Gasteiger charge is 2.60. The Balaban J connectivity index is 1.08. The molecular formula is C41H62O9Si2. The maximum absolute atomic E-state index is 7.42. The first-order valence-electron chi connectivity index (χ1n) is 19.9. The summed E-state index contributed by atoms with van der Waals surface area (Å²) in [6.45, 7) is 19.7. The molecule has 0 N–H and O–H groups in total. The second kappa shape index (κ2) is 16.3. The summed E-state index contributed by atoms with van der Waals surface area (Å²) < 4.78 is 61.8. The summed E-state index contributed by atoms with van der Waals surface area (Å²) in [6, 6.07) is 10.3. The lowest BCUT2D eigenvalue weighted by Gasteiger charge is -2.52. The summed E-state index contributed by atoms with van der Waals surface area (Å²) in [7, 11) is -5.32. The van der Waals surface area contributed by atoms with Crippen LogP contribution in [-0.4, -0.2) is 97.5 Å². The van der Waals surface area contributed by atoms with Crippen LogP contribution in [0.15, 0.2) is 66.8 Å². The lowest BCUT2D eigenvalue weighted by Crippen LogP contribution is -2.66. The Bertz CT molecular complexity index is 1400. The fourth-order valence-corrected chi connectivity index (χ4v) is 21.4. The molecule has 0 bridgehead atoms. The molecule has 3 saturated heterocycles. The fraction of sp³-hybridized carbons (Fsp3) is 0.707. The smallest absolute Gasteiger partial charge is 0.414 e. The molecule has 0 aliphatic carbocycles. The molecule has 0 saturated carbocycles. The van der Waals surface area contributed by atoms with Gasteiger partial charge in [-0.2, -0.15) is 0 Å². The van der Waals surface area contributed by atoms with E-state index in [0.717, 1.165) is 12.0 Å². The van der Waals surface area contributed by atoms with Gasteiger partial charge >= 0.3 is 8.80 Å². The van der Waals surface area contributed by atoms with Crippen LogP contribution in [0.1, 0.15) is 80.2 Å². The van der Waals surface area contributed by atoms with E-state index in [4.69, 9.17) is 41.4 Å². The molecule has 7 rings (SSSR count). The number of rotatable bonds is 9. The quantitative estimate of drug-likeness (QED) is 0.185. The van der Waals surface area contributed by atoms with Crippen molar-refractivity contribution in [1.82, 2.24) is 0 Å². The van der Waals surface area contributed by atoms with Crippen molar-refractivity contribution in [3.63, 3.8) is 0 Å². The zero-order valence-corrected chi connectivity index (χ0v) is 34.4. The number of ether oxygens (including phenoxy) is 6. The summed E-state index contributed by atoms with van der Waals surface area (Å²) in [6.07, 6.45) is 12.6. The highest BCUT2D eigenvalue weighted by molar-refractivity contribution is 6.85. The van der Waals surface area contributed by atoms with Gasteiger partial charge in [-0.1, -0.05) is 122 Å². The third kappa shape index (κ3) is 7.67. The molecule has 1 aromatic carbocycles. The molecule has 1 unspecified atom stereocenters. The monoisotopic (exact) mass is 754 g/mol. The van der Waals surface area contributed by atoms with Crippen LogP contribution in [0.3, 0.4) is 0 Å². The van der Waals surface area contributed by atoms with Gasteiger partial charge in [-0.3, -0.25) is 0 Å². The van der Waals surface area contributed by atoms with E-state index < -0.39 is 17.1 Å². The van der Waals surface area contributed by atoms with Crippen LogP contribution in [0, 0.1) is 0 Å². The van der Waals surface area contributed by atoms with Crippen molar-refractivity contribution in [2.75, 3.05) is 13.2 Å². The summed E-state index contributed by atoms with van der Waals surface area (Å²) in [5.41, 5.74) is 2.55. The van der Waals surface area contributed by atoms with Crippen LogP contribution in [0.2, 0.25) is 22.2 Å². The van der Waals surface area contributed by atoms with Crippen molar-refractivity contribution >= 4 is 17.1 Å². The average Bonchev–Trinajstić information content (AvgIpc) is 3.44. The zero-order chi connectivity index (χ0) is 36.6. The molecular weight excluding hydrogens is 693 g/mol. The molecule has 52 heavy (non-hydrogen) atoms. The molecule has 12 atom stereocenters. The minimum Gasteiger partial charge on any atom is -0.414 e. The average molecular weight is 755 g/mol. The van der Waals surface area contributed by atoms with Crippen molar-refractivity contribution in [3.05, 3.63) is 72.4 Å². The zero-order valence-electron chi connectivity index (χ0n) is 32.4. The van der Waals surface area contributed by atoms with Gasteiger partial charge in [0.25, 0.3) is 0 Å². The van der Waals surface area contributed by atoms with Gasteiger partial charge in [-0.25, -0.2) is 0 Å². The molecule has 6 heterocycles. The number of hydrogen-bond acceptors (Lipinski definition) is 9. The predicted octanol–water partition coefficient (Wildman–Crippen LogP) is 7.84. The van der Waals surface area contributed by atoms with Crippen molar-refractivity contribution in [2.24, 2.45) is 0 Å². The first-order valence-corrected chi connectivity index (χ1v) is 23.9. The van der Waals surface area contributed by atoms with Crippen LogP contribution in [0.25, 0.3) is 0 Å². The Morgan fingerprint density at radius 2 is 1.38 bits per heavy atom. The molecule has 0 aromatic heterocycles. The Labute approximate surface area is 313 Å². The first kappa shape index (κ1) is 38.8. The van der Waals surface area contributed by atoms with E-state index in [1.165, 1.54) is 0 Å². The van der Waals surface area contributed by atoms with E-state index >= 15 is 0 Å². The molecule has 6 aliphatic heterocycles. The lowest BCUT2D eigenvalue weighted by molar-refractivity contribution is -0.296. The van der Waals surface area contributed by atoms with Crippen LogP contribution in [0.5, 0.6) is 0 Å². The van der Waals surface area contributed by atoms with Gasteiger partial charge in [0, 0.05) is 12.0 Å². The van der Waals surface area contributed by atoms with Crippen molar-refractivity contribution in [3.8, 4) is 0 Å². The maximum Gasteiger partial charge on any atom is 0.493 e. The Hall–Kier alpha value is -1.49. The van der Waals surface area contributed by atoms with Crippen LogP contribution in [-0.2, 0) is 48.0 Å². The minimum atomic E-state index is -3.06. The molecule has 0 amide bonds. The number of fused-ring (bicyclic) bond motifs is 5. The summed E-state index contributed by atoms with van der Waals surface area (Å²) in [4.78, 5) is 0. The topological polar surface area (TPSA) is 83.1 Å². The van der Waals surface area contributed by atoms with Gasteiger partial charge in [0.1, 0.15) is 36.6 Å². The summed E-state index contributed by atoms with van der Waals surface area (Å²) >= 11 is 0. The van der Waals surface area contributed by atoms with Crippen molar-refractivity contribution in [1.29, 1.82) is 0 Å². The molecule has 3 fully saturated rings. The minimum absolute atomic E-state index is 0.106. The number of hydrogen-bond donors (Lipinski definition) is 0. The standard InChI is InChI=1S/C41H62O9Si2/c1-26(2)51(27(3)4,28(5)6)50-52(29(7)8)44-25-38-34(49-52)19-14-18-31-32(46-38)20-21-33-36(45-31)23-37-40(48-33)41(43-24-30-15-10-9-11-16-30)39-35(47-37)17-12-13-22-42-39/h9-16,19-21,26-29,31-41H,17-18,22-25H2,1-8H3/b19-14-/t31-,32+,33-,34+,35+,36+,37-,38-,39+,40-,41-,52?/m1/s1. The Kier molecular flexibility index (Phi) is 12.2. The highest BCUT2D eigenvalue weighted by atomic mass is 28.5. The molecule has 9 nitrogen and oxygen atoms in total. The first-order chi connectivity index (χ1) is 25.0. The van der Waals surface area contributed by atoms with Crippen molar-refractivity contribution in [2.45, 2.75) is 171 Å². The van der Waals surface area contributed by atoms with E-state index in [1.54, 1.807) is 0 Å². The third-order valence-corrected chi connectivity index (χ3v) is 22.7. The Morgan fingerprint density at radius 3 is 2.10 bits per heavy atom. The van der Waals surface area contributed by atoms with Crippen molar-refractivity contribution < 1.29 is 41.4 Å². The third-order valence-electron chi connectivity index (χ3n) is 12.2.